The predicted octanol–water partition coefficient (Wildman–Crippen LogP) is -0.173. The molecular formula is C7H14N2O. The number of hydrogen-bond acceptors (Lipinski definition) is 2. The van der Waals surface area contributed by atoms with E-state index in [1.54, 1.807) is 6.92 Å². The van der Waals surface area contributed by atoms with Crippen LogP contribution in [0.1, 0.15) is 13.3 Å². The summed E-state index contributed by atoms with van der Waals surface area (Å²) in [4.78, 5) is 12.8. The van der Waals surface area contributed by atoms with Gasteiger partial charge in [0.2, 0.25) is 5.91 Å². The van der Waals surface area contributed by atoms with Gasteiger partial charge in [0, 0.05) is 19.5 Å². The zero-order valence-electron chi connectivity index (χ0n) is 6.55. The number of nitrogens with zero attached hydrogens (tertiary/aromatic N) is 1. The molecular weight excluding hydrogens is 128 g/mol. The van der Waals surface area contributed by atoms with Gasteiger partial charge in [-0.05, 0) is 20.0 Å². The smallest absolute Gasteiger partial charge is 0.217 e. The van der Waals surface area contributed by atoms with Crippen LogP contribution < -0.4 is 5.32 Å². The van der Waals surface area contributed by atoms with Crippen LogP contribution in [0.5, 0.6) is 0 Å². The Kier molecular flexibility index (Phi) is 2.27. The van der Waals surface area contributed by atoms with Gasteiger partial charge in [0.05, 0.1) is 0 Å². The molecule has 1 aliphatic rings. The second-order valence-electron chi connectivity index (χ2n) is 2.95. The molecule has 1 amide bonds. The molecule has 0 radical (unpaired) electrons. The standard InChI is InChI=1S/C7H14N2O/c1-6(10)8-7-3-4-9(2)5-7/h7H,3-5H2,1-2H3,(H,8,10)/t7-/m1/s1. The van der Waals surface area contributed by atoms with Gasteiger partial charge in [0.1, 0.15) is 0 Å². The number of likely N-dealkylation sites (N-methyl/N-ethyl adjacent to an activating group) is 1. The number of rotatable bonds is 1. The third-order valence-electron chi connectivity index (χ3n) is 1.80. The lowest BCUT2D eigenvalue weighted by molar-refractivity contribution is -0.119. The largest absolute Gasteiger partial charge is 0.352 e. The van der Waals surface area contributed by atoms with Crippen molar-refractivity contribution in [2.75, 3.05) is 20.1 Å². The lowest BCUT2D eigenvalue weighted by Gasteiger charge is -2.10. The molecule has 0 aliphatic carbocycles. The molecule has 0 aromatic rings. The Hall–Kier alpha value is -0.570. The summed E-state index contributed by atoms with van der Waals surface area (Å²) in [5, 5.41) is 2.89. The van der Waals surface area contributed by atoms with Crippen molar-refractivity contribution in [3.63, 3.8) is 0 Å². The van der Waals surface area contributed by atoms with Gasteiger partial charge >= 0.3 is 0 Å². The summed E-state index contributed by atoms with van der Waals surface area (Å²) in [6.07, 6.45) is 1.09. The number of likely N-dealkylation sites (tertiary alicyclic amines) is 1. The van der Waals surface area contributed by atoms with E-state index in [1.807, 2.05) is 0 Å². The average molecular weight is 142 g/mol. The van der Waals surface area contributed by atoms with Crippen molar-refractivity contribution in [2.45, 2.75) is 19.4 Å². The minimum Gasteiger partial charge on any atom is -0.352 e. The van der Waals surface area contributed by atoms with E-state index in [-0.39, 0.29) is 5.91 Å². The molecule has 0 saturated carbocycles. The van der Waals surface area contributed by atoms with Gasteiger partial charge in [-0.1, -0.05) is 0 Å². The maximum atomic E-state index is 10.6. The lowest BCUT2D eigenvalue weighted by atomic mass is 10.3. The summed E-state index contributed by atoms with van der Waals surface area (Å²) in [5.74, 6) is 0.0836. The summed E-state index contributed by atoms with van der Waals surface area (Å²) in [6.45, 7) is 3.67. The first-order valence-electron chi connectivity index (χ1n) is 3.64. The molecule has 1 saturated heterocycles. The molecule has 3 nitrogen and oxygen atoms in total. The Bertz CT molecular complexity index is 136. The molecule has 0 bridgehead atoms. The molecule has 0 aromatic heterocycles. The van der Waals surface area contributed by atoms with Crippen LogP contribution in [0.25, 0.3) is 0 Å². The fourth-order valence-corrected chi connectivity index (χ4v) is 1.34. The van der Waals surface area contributed by atoms with Crippen LogP contribution in [0.4, 0.5) is 0 Å². The molecule has 1 fully saturated rings. The quantitative estimate of drug-likeness (QED) is 0.551. The van der Waals surface area contributed by atoms with E-state index in [4.69, 9.17) is 0 Å². The van der Waals surface area contributed by atoms with Crippen LogP contribution in [0.15, 0.2) is 0 Å². The molecule has 1 atom stereocenters. The summed E-state index contributed by atoms with van der Waals surface area (Å²) in [5.41, 5.74) is 0. The highest BCUT2D eigenvalue weighted by Crippen LogP contribution is 2.05. The van der Waals surface area contributed by atoms with Crippen LogP contribution in [0.2, 0.25) is 0 Å². The van der Waals surface area contributed by atoms with Crippen molar-refractivity contribution in [1.29, 1.82) is 0 Å². The van der Waals surface area contributed by atoms with Crippen molar-refractivity contribution in [3.8, 4) is 0 Å². The van der Waals surface area contributed by atoms with Crippen molar-refractivity contribution in [1.82, 2.24) is 10.2 Å². The first-order chi connectivity index (χ1) is 4.68. The Morgan fingerprint density at radius 2 is 2.40 bits per heavy atom. The number of hydrogen-bond donors (Lipinski definition) is 1. The SMILES string of the molecule is CC(=O)N[C@@H]1CCN(C)C1. The van der Waals surface area contributed by atoms with Gasteiger partial charge < -0.3 is 10.2 Å². The highest BCUT2D eigenvalue weighted by atomic mass is 16.1. The van der Waals surface area contributed by atoms with Crippen LogP contribution in [0.3, 0.4) is 0 Å². The number of carbonyl (C=O) groups is 1. The van der Waals surface area contributed by atoms with E-state index in [1.165, 1.54) is 0 Å². The first kappa shape index (κ1) is 7.54. The molecule has 1 heterocycles. The normalized spacial score (nSPS) is 26.8. The van der Waals surface area contributed by atoms with E-state index in [0.717, 1.165) is 19.5 Å². The number of carbonyl (C=O) groups excluding carboxylic acids is 1. The fraction of sp³-hybridized carbons (Fsp3) is 0.857. The highest BCUT2D eigenvalue weighted by molar-refractivity contribution is 5.73. The Labute approximate surface area is 61.4 Å². The number of amides is 1. The monoisotopic (exact) mass is 142 g/mol. The molecule has 0 unspecified atom stereocenters. The molecule has 0 spiro atoms. The summed E-state index contributed by atoms with van der Waals surface area (Å²) >= 11 is 0. The van der Waals surface area contributed by atoms with Crippen LogP contribution in [-0.2, 0) is 4.79 Å². The summed E-state index contributed by atoms with van der Waals surface area (Å²) < 4.78 is 0. The molecule has 3 heteroatoms. The van der Waals surface area contributed by atoms with Gasteiger partial charge in [0.25, 0.3) is 0 Å². The van der Waals surface area contributed by atoms with E-state index < -0.39 is 0 Å². The van der Waals surface area contributed by atoms with E-state index in [9.17, 15) is 4.79 Å². The van der Waals surface area contributed by atoms with Gasteiger partial charge in [-0.2, -0.15) is 0 Å². The molecule has 1 N–H and O–H groups in total. The van der Waals surface area contributed by atoms with E-state index >= 15 is 0 Å². The van der Waals surface area contributed by atoms with Gasteiger partial charge in [-0.15, -0.1) is 0 Å². The molecule has 58 valence electrons. The average Bonchev–Trinajstić information content (AvgIpc) is 2.13. The van der Waals surface area contributed by atoms with Crippen molar-refractivity contribution >= 4 is 5.91 Å². The Morgan fingerprint density at radius 3 is 2.80 bits per heavy atom. The van der Waals surface area contributed by atoms with Crippen LogP contribution >= 0.6 is 0 Å². The van der Waals surface area contributed by atoms with Crippen molar-refractivity contribution in [2.24, 2.45) is 0 Å². The summed E-state index contributed by atoms with van der Waals surface area (Å²) in [6, 6.07) is 0.391. The molecule has 10 heavy (non-hydrogen) atoms. The molecule has 1 aliphatic heterocycles. The minimum atomic E-state index is 0.0836. The van der Waals surface area contributed by atoms with Crippen LogP contribution in [-0.4, -0.2) is 37.0 Å². The highest BCUT2D eigenvalue weighted by Gasteiger charge is 2.19. The van der Waals surface area contributed by atoms with Gasteiger partial charge in [-0.3, -0.25) is 4.79 Å². The number of nitrogens with one attached hydrogen (secondary N) is 1. The van der Waals surface area contributed by atoms with Gasteiger partial charge in [-0.25, -0.2) is 0 Å². The second kappa shape index (κ2) is 3.01. The molecule has 0 aromatic carbocycles. The maximum absolute atomic E-state index is 10.6. The summed E-state index contributed by atoms with van der Waals surface area (Å²) in [7, 11) is 2.07. The third-order valence-corrected chi connectivity index (χ3v) is 1.80. The zero-order valence-corrected chi connectivity index (χ0v) is 6.55. The predicted molar refractivity (Wildman–Crippen MR) is 39.7 cm³/mol. The van der Waals surface area contributed by atoms with E-state index in [2.05, 4.69) is 17.3 Å². The third kappa shape index (κ3) is 1.99. The second-order valence-corrected chi connectivity index (χ2v) is 2.95. The topological polar surface area (TPSA) is 32.3 Å². The maximum Gasteiger partial charge on any atom is 0.217 e. The molecule has 1 rings (SSSR count). The lowest BCUT2D eigenvalue weighted by Crippen LogP contribution is -2.34. The van der Waals surface area contributed by atoms with Crippen LogP contribution in [0, 0.1) is 0 Å². The Balaban J connectivity index is 2.24. The first-order valence-corrected chi connectivity index (χ1v) is 3.64. The van der Waals surface area contributed by atoms with Gasteiger partial charge in [0.15, 0.2) is 0 Å². The van der Waals surface area contributed by atoms with E-state index in [0.29, 0.717) is 6.04 Å². The van der Waals surface area contributed by atoms with Crippen molar-refractivity contribution < 1.29 is 4.79 Å². The minimum absolute atomic E-state index is 0.0836. The Morgan fingerprint density at radius 1 is 1.70 bits per heavy atom. The zero-order chi connectivity index (χ0) is 7.56. The van der Waals surface area contributed by atoms with Crippen molar-refractivity contribution in [3.05, 3.63) is 0 Å². The fourth-order valence-electron chi connectivity index (χ4n) is 1.34.